The van der Waals surface area contributed by atoms with Crippen molar-refractivity contribution in [3.8, 4) is 0 Å². The van der Waals surface area contributed by atoms with E-state index in [1.54, 1.807) is 35.0 Å². The molecule has 0 bridgehead atoms. The molecule has 0 radical (unpaired) electrons. The summed E-state index contributed by atoms with van der Waals surface area (Å²) in [5.74, 6) is -0.464. The van der Waals surface area contributed by atoms with E-state index >= 15 is 0 Å². The summed E-state index contributed by atoms with van der Waals surface area (Å²) in [5, 5.41) is 4.96. The van der Waals surface area contributed by atoms with Gasteiger partial charge in [-0.25, -0.2) is 0 Å². The third-order valence-corrected chi connectivity index (χ3v) is 5.31. The first kappa shape index (κ1) is 23.1. The summed E-state index contributed by atoms with van der Waals surface area (Å²) in [6, 6.07) is 14.7. The smallest absolute Gasteiger partial charge is 0.325 e. The predicted molar refractivity (Wildman–Crippen MR) is 117 cm³/mol. The van der Waals surface area contributed by atoms with Crippen molar-refractivity contribution in [2.24, 2.45) is 0 Å². The van der Waals surface area contributed by atoms with E-state index in [1.807, 2.05) is 38.1 Å². The molecule has 3 rings (SSSR count). The van der Waals surface area contributed by atoms with Gasteiger partial charge in [0.1, 0.15) is 0 Å². The topological polar surface area (TPSA) is 85.2 Å². The maximum atomic E-state index is 12.8. The van der Waals surface area contributed by atoms with Crippen molar-refractivity contribution in [3.63, 3.8) is 0 Å². The van der Waals surface area contributed by atoms with Gasteiger partial charge in [0.2, 0.25) is 5.91 Å². The molecule has 2 aromatic carbocycles. The second kappa shape index (κ2) is 10.5. The van der Waals surface area contributed by atoms with Crippen LogP contribution >= 0.6 is 11.6 Å². The highest BCUT2D eigenvalue weighted by molar-refractivity contribution is 6.30. The van der Waals surface area contributed by atoms with Crippen molar-refractivity contribution in [2.45, 2.75) is 39.2 Å². The molecule has 0 aliphatic heterocycles. The minimum absolute atomic E-state index is 0.0382. The van der Waals surface area contributed by atoms with Crippen LogP contribution in [-0.2, 0) is 14.4 Å². The molecule has 1 heterocycles. The van der Waals surface area contributed by atoms with Crippen molar-refractivity contribution in [2.75, 3.05) is 5.32 Å². The van der Waals surface area contributed by atoms with Crippen molar-refractivity contribution in [3.05, 3.63) is 75.7 Å². The van der Waals surface area contributed by atoms with Crippen LogP contribution in [0.3, 0.4) is 0 Å². The SMILES string of the molecule is CC[C@H](C)n1ccc2c(NC(=O)C(C)c3ccc(Cl)cc3)cccc2c1=O.O=C=O. The number of fused-ring (bicyclic) bond motifs is 1. The first-order valence-corrected chi connectivity index (χ1v) is 9.91. The number of nitrogens with one attached hydrogen (secondary N) is 1. The highest BCUT2D eigenvalue weighted by Crippen LogP contribution is 2.25. The molecule has 0 aliphatic rings. The van der Waals surface area contributed by atoms with Crippen molar-refractivity contribution >= 4 is 40.1 Å². The Morgan fingerprint density at radius 2 is 1.70 bits per heavy atom. The fraction of sp³-hybridized carbons (Fsp3) is 0.261. The van der Waals surface area contributed by atoms with E-state index in [2.05, 4.69) is 12.2 Å². The minimum atomic E-state index is -0.335. The molecule has 2 atom stereocenters. The van der Waals surface area contributed by atoms with Crippen LogP contribution in [0.1, 0.15) is 44.7 Å². The molecular weight excluding hydrogens is 404 g/mol. The Kier molecular flexibility index (Phi) is 8.10. The van der Waals surface area contributed by atoms with Crippen LogP contribution in [-0.4, -0.2) is 16.6 Å². The summed E-state index contributed by atoms with van der Waals surface area (Å²) in [5.41, 5.74) is 1.49. The summed E-state index contributed by atoms with van der Waals surface area (Å²) < 4.78 is 1.74. The number of halogens is 1. The molecule has 0 saturated heterocycles. The highest BCUT2D eigenvalue weighted by atomic mass is 35.5. The molecule has 1 aromatic heterocycles. The van der Waals surface area contributed by atoms with E-state index in [1.165, 1.54) is 0 Å². The predicted octanol–water partition coefficient (Wildman–Crippen LogP) is 4.78. The third-order valence-electron chi connectivity index (χ3n) is 5.06. The largest absolute Gasteiger partial charge is 0.373 e. The zero-order valence-corrected chi connectivity index (χ0v) is 17.8. The van der Waals surface area contributed by atoms with Crippen LogP contribution in [0.2, 0.25) is 5.02 Å². The number of benzene rings is 2. The van der Waals surface area contributed by atoms with Gasteiger partial charge in [-0.15, -0.1) is 0 Å². The zero-order chi connectivity index (χ0) is 22.3. The standard InChI is InChI=1S/C22H23ClN2O2.CO2/c1-4-14(2)25-13-12-18-19(22(25)27)6-5-7-20(18)24-21(26)15(3)16-8-10-17(23)11-9-16;2-1-3/h5-15H,4H2,1-3H3,(H,24,26);/t14-,15?;/m0./s1. The second-order valence-corrected chi connectivity index (χ2v) is 7.33. The number of anilines is 1. The number of hydrogen-bond acceptors (Lipinski definition) is 4. The minimum Gasteiger partial charge on any atom is -0.325 e. The zero-order valence-electron chi connectivity index (χ0n) is 17.0. The van der Waals surface area contributed by atoms with E-state index in [0.29, 0.717) is 16.1 Å². The molecule has 30 heavy (non-hydrogen) atoms. The molecule has 0 fully saturated rings. The lowest BCUT2D eigenvalue weighted by Gasteiger charge is -2.16. The summed E-state index contributed by atoms with van der Waals surface area (Å²) in [4.78, 5) is 41.8. The van der Waals surface area contributed by atoms with E-state index in [0.717, 1.165) is 17.4 Å². The van der Waals surface area contributed by atoms with Crippen LogP contribution in [0.15, 0.2) is 59.5 Å². The van der Waals surface area contributed by atoms with Crippen molar-refractivity contribution in [1.82, 2.24) is 4.57 Å². The molecule has 0 aliphatic carbocycles. The summed E-state index contributed by atoms with van der Waals surface area (Å²) in [6.07, 6.45) is 2.93. The molecule has 6 nitrogen and oxygen atoms in total. The number of pyridine rings is 1. The monoisotopic (exact) mass is 426 g/mol. The summed E-state index contributed by atoms with van der Waals surface area (Å²) in [7, 11) is 0. The molecule has 1 amide bonds. The quantitative estimate of drug-likeness (QED) is 0.635. The Labute approximate surface area is 179 Å². The van der Waals surface area contributed by atoms with Crippen LogP contribution in [0.4, 0.5) is 5.69 Å². The molecule has 1 N–H and O–H groups in total. The average molecular weight is 427 g/mol. The van der Waals surface area contributed by atoms with Crippen molar-refractivity contribution in [1.29, 1.82) is 0 Å². The lowest BCUT2D eigenvalue weighted by atomic mass is 10.00. The highest BCUT2D eigenvalue weighted by Gasteiger charge is 2.17. The van der Waals surface area contributed by atoms with Gasteiger partial charge in [-0.05, 0) is 56.2 Å². The molecule has 0 saturated carbocycles. The van der Waals surface area contributed by atoms with E-state index in [-0.39, 0.29) is 29.6 Å². The lowest BCUT2D eigenvalue weighted by molar-refractivity contribution is -0.191. The Morgan fingerprint density at radius 1 is 1.07 bits per heavy atom. The summed E-state index contributed by atoms with van der Waals surface area (Å²) >= 11 is 5.92. The normalized spacial score (nSPS) is 12.3. The van der Waals surface area contributed by atoms with Gasteiger partial charge < -0.3 is 9.88 Å². The molecular formula is C23H23ClN2O4. The van der Waals surface area contributed by atoms with Gasteiger partial charge in [-0.1, -0.05) is 36.7 Å². The first-order valence-electron chi connectivity index (χ1n) is 9.53. The van der Waals surface area contributed by atoms with Crippen LogP contribution in [0, 0.1) is 0 Å². The van der Waals surface area contributed by atoms with Gasteiger partial charge in [0.05, 0.1) is 5.92 Å². The van der Waals surface area contributed by atoms with Gasteiger partial charge in [-0.2, -0.15) is 9.59 Å². The Morgan fingerprint density at radius 3 is 2.30 bits per heavy atom. The van der Waals surface area contributed by atoms with Gasteiger partial charge in [0.25, 0.3) is 5.56 Å². The van der Waals surface area contributed by atoms with Crippen LogP contribution in [0.5, 0.6) is 0 Å². The van der Waals surface area contributed by atoms with E-state index in [9.17, 15) is 9.59 Å². The number of hydrogen-bond donors (Lipinski definition) is 1. The summed E-state index contributed by atoms with van der Waals surface area (Å²) in [6.45, 7) is 5.92. The number of aromatic nitrogens is 1. The maximum absolute atomic E-state index is 12.8. The van der Waals surface area contributed by atoms with E-state index < -0.39 is 0 Å². The Hall–Kier alpha value is -3.21. The van der Waals surface area contributed by atoms with Crippen LogP contribution in [0.25, 0.3) is 10.8 Å². The maximum Gasteiger partial charge on any atom is 0.373 e. The number of carbonyl (C=O) groups excluding carboxylic acids is 3. The number of amides is 1. The Bertz CT molecular complexity index is 1120. The Balaban J connectivity index is 0.00000101. The third kappa shape index (κ3) is 5.23. The molecule has 3 aromatic rings. The number of carbonyl (C=O) groups is 1. The van der Waals surface area contributed by atoms with Gasteiger partial charge >= 0.3 is 6.15 Å². The number of rotatable bonds is 5. The number of nitrogens with zero attached hydrogens (tertiary/aromatic N) is 1. The second-order valence-electron chi connectivity index (χ2n) is 6.90. The molecule has 0 spiro atoms. The molecule has 156 valence electrons. The fourth-order valence-corrected chi connectivity index (χ4v) is 3.22. The average Bonchev–Trinajstić information content (AvgIpc) is 2.74. The van der Waals surface area contributed by atoms with Gasteiger partial charge in [0, 0.05) is 33.7 Å². The fourth-order valence-electron chi connectivity index (χ4n) is 3.09. The van der Waals surface area contributed by atoms with Crippen molar-refractivity contribution < 1.29 is 14.4 Å². The molecule has 7 heteroatoms. The van der Waals surface area contributed by atoms with Gasteiger partial charge in [0.15, 0.2) is 0 Å². The first-order chi connectivity index (χ1) is 14.3. The van der Waals surface area contributed by atoms with Gasteiger partial charge in [-0.3, -0.25) is 9.59 Å². The molecule has 1 unspecified atom stereocenters. The van der Waals surface area contributed by atoms with E-state index in [4.69, 9.17) is 21.2 Å². The lowest BCUT2D eigenvalue weighted by Crippen LogP contribution is -2.23. The van der Waals surface area contributed by atoms with Crippen LogP contribution < -0.4 is 10.9 Å².